The van der Waals surface area contributed by atoms with Crippen LogP contribution in [-0.4, -0.2) is 46.3 Å². The molecule has 1 N–H and O–H groups in total. The fourth-order valence-electron chi connectivity index (χ4n) is 4.34. The molecule has 1 aliphatic rings. The van der Waals surface area contributed by atoms with E-state index in [1.807, 2.05) is 46.8 Å². The third kappa shape index (κ3) is 7.06. The summed E-state index contributed by atoms with van der Waals surface area (Å²) in [6, 6.07) is 3.80. The standard InChI is InChI=1S/C29H41N3O4/c1-19(2)11-16-35-21-9-10-23(31-17-21)22-18-30-20(3)24(26(27(33)34)36-28(4,5)6)25(22)32-14-12-29(7,8)13-15-32/h9-10,17-18,26H,1,11-16H2,2-8H3,(H,33,34)/t26-/m0/s1. The zero-order chi connectivity index (χ0) is 26.7. The summed E-state index contributed by atoms with van der Waals surface area (Å²) in [5, 5.41) is 10.2. The second-order valence-electron chi connectivity index (χ2n) is 11.6. The van der Waals surface area contributed by atoms with E-state index in [-0.39, 0.29) is 5.41 Å². The monoisotopic (exact) mass is 495 g/mol. The maximum Gasteiger partial charge on any atom is 0.337 e. The quantitative estimate of drug-likeness (QED) is 0.405. The van der Waals surface area contributed by atoms with Crippen LogP contribution in [0, 0.1) is 12.3 Å². The number of carboxylic acids is 1. The van der Waals surface area contributed by atoms with E-state index in [1.54, 1.807) is 12.4 Å². The summed E-state index contributed by atoms with van der Waals surface area (Å²) in [5.41, 5.74) is 4.27. The zero-order valence-electron chi connectivity index (χ0n) is 22.9. The molecule has 3 heterocycles. The lowest BCUT2D eigenvalue weighted by molar-refractivity contribution is -0.160. The first-order valence-electron chi connectivity index (χ1n) is 12.7. The number of carboxylic acid groups (broad SMARTS) is 1. The average Bonchev–Trinajstić information content (AvgIpc) is 2.77. The third-order valence-electron chi connectivity index (χ3n) is 6.49. The first-order valence-corrected chi connectivity index (χ1v) is 12.7. The summed E-state index contributed by atoms with van der Waals surface area (Å²) < 4.78 is 11.9. The van der Waals surface area contributed by atoms with Crippen molar-refractivity contribution in [1.82, 2.24) is 9.97 Å². The molecule has 1 saturated heterocycles. The van der Waals surface area contributed by atoms with Crippen molar-refractivity contribution in [2.24, 2.45) is 5.41 Å². The van der Waals surface area contributed by atoms with E-state index >= 15 is 0 Å². The molecule has 0 radical (unpaired) electrons. The molecule has 0 saturated carbocycles. The molecule has 0 aromatic carbocycles. The number of ether oxygens (including phenoxy) is 2. The number of aliphatic carboxylic acids is 1. The highest BCUT2D eigenvalue weighted by atomic mass is 16.5. The SMILES string of the molecule is C=C(C)CCOc1ccc(-c2cnc(C)c([C@H](OC(C)(C)C)C(=O)O)c2N2CCC(C)(C)CC2)nc1. The number of hydrogen-bond acceptors (Lipinski definition) is 6. The minimum Gasteiger partial charge on any atom is -0.492 e. The molecule has 0 amide bonds. The Bertz CT molecular complexity index is 1080. The van der Waals surface area contributed by atoms with E-state index in [1.165, 1.54) is 0 Å². The number of anilines is 1. The van der Waals surface area contributed by atoms with Gasteiger partial charge in [-0.1, -0.05) is 19.4 Å². The molecule has 1 atom stereocenters. The summed E-state index contributed by atoms with van der Waals surface area (Å²) in [7, 11) is 0. The lowest BCUT2D eigenvalue weighted by atomic mass is 9.82. The van der Waals surface area contributed by atoms with Crippen LogP contribution in [0.4, 0.5) is 5.69 Å². The topological polar surface area (TPSA) is 84.8 Å². The van der Waals surface area contributed by atoms with Gasteiger partial charge in [0.15, 0.2) is 6.10 Å². The number of pyridine rings is 2. The van der Waals surface area contributed by atoms with E-state index in [2.05, 4.69) is 35.3 Å². The predicted molar refractivity (Wildman–Crippen MR) is 144 cm³/mol. The van der Waals surface area contributed by atoms with Crippen molar-refractivity contribution >= 4 is 11.7 Å². The molecule has 1 fully saturated rings. The molecule has 7 nitrogen and oxygen atoms in total. The number of piperidine rings is 1. The fourth-order valence-corrected chi connectivity index (χ4v) is 4.34. The molecule has 1 aliphatic heterocycles. The number of carbonyl (C=O) groups is 1. The predicted octanol–water partition coefficient (Wildman–Crippen LogP) is 6.36. The molecule has 196 valence electrons. The highest BCUT2D eigenvalue weighted by molar-refractivity contribution is 5.85. The van der Waals surface area contributed by atoms with Crippen molar-refractivity contribution in [3.8, 4) is 17.0 Å². The van der Waals surface area contributed by atoms with Crippen molar-refractivity contribution in [3.63, 3.8) is 0 Å². The van der Waals surface area contributed by atoms with Gasteiger partial charge in [-0.2, -0.15) is 0 Å². The van der Waals surface area contributed by atoms with Crippen molar-refractivity contribution in [2.45, 2.75) is 79.4 Å². The van der Waals surface area contributed by atoms with Gasteiger partial charge in [-0.25, -0.2) is 4.79 Å². The van der Waals surface area contributed by atoms with E-state index < -0.39 is 17.7 Å². The second-order valence-corrected chi connectivity index (χ2v) is 11.6. The zero-order valence-corrected chi connectivity index (χ0v) is 22.9. The Kier molecular flexibility index (Phi) is 8.44. The van der Waals surface area contributed by atoms with Crippen LogP contribution in [0.25, 0.3) is 11.3 Å². The van der Waals surface area contributed by atoms with E-state index in [0.717, 1.165) is 54.9 Å². The fraction of sp³-hybridized carbons (Fsp3) is 0.552. The molecule has 0 aliphatic carbocycles. The highest BCUT2D eigenvalue weighted by Crippen LogP contribution is 2.43. The van der Waals surface area contributed by atoms with Crippen molar-refractivity contribution < 1.29 is 19.4 Å². The van der Waals surface area contributed by atoms with Gasteiger partial charge in [-0.15, -0.1) is 6.58 Å². The molecular weight excluding hydrogens is 454 g/mol. The highest BCUT2D eigenvalue weighted by Gasteiger charge is 2.35. The molecule has 2 aromatic rings. The smallest absolute Gasteiger partial charge is 0.337 e. The summed E-state index contributed by atoms with van der Waals surface area (Å²) in [4.78, 5) is 24.1. The third-order valence-corrected chi connectivity index (χ3v) is 6.49. The number of aryl methyl sites for hydroxylation is 1. The molecular formula is C29H41N3O4. The number of nitrogens with zero attached hydrogens (tertiary/aromatic N) is 3. The Morgan fingerprint density at radius 3 is 2.39 bits per heavy atom. The Hall–Kier alpha value is -2.93. The lowest BCUT2D eigenvalue weighted by Gasteiger charge is -2.40. The Balaban J connectivity index is 2.09. The number of hydrogen-bond donors (Lipinski definition) is 1. The van der Waals surface area contributed by atoms with Gasteiger partial charge in [0.2, 0.25) is 0 Å². The van der Waals surface area contributed by atoms with Crippen LogP contribution in [0.3, 0.4) is 0 Å². The Labute approximate surface area is 215 Å². The molecule has 7 heteroatoms. The second kappa shape index (κ2) is 11.0. The Morgan fingerprint density at radius 2 is 1.86 bits per heavy atom. The largest absolute Gasteiger partial charge is 0.492 e. The maximum atomic E-state index is 12.5. The van der Waals surface area contributed by atoms with Crippen LogP contribution in [0.5, 0.6) is 5.75 Å². The summed E-state index contributed by atoms with van der Waals surface area (Å²) in [5.74, 6) is -0.346. The lowest BCUT2D eigenvalue weighted by Crippen LogP contribution is -2.39. The Morgan fingerprint density at radius 1 is 1.19 bits per heavy atom. The minimum absolute atomic E-state index is 0.244. The number of aromatic nitrogens is 2. The minimum atomic E-state index is -1.15. The maximum absolute atomic E-state index is 12.5. The van der Waals surface area contributed by atoms with Gasteiger partial charge >= 0.3 is 5.97 Å². The molecule has 36 heavy (non-hydrogen) atoms. The van der Waals surface area contributed by atoms with E-state index in [9.17, 15) is 9.90 Å². The van der Waals surface area contributed by atoms with Crippen LogP contribution >= 0.6 is 0 Å². The average molecular weight is 496 g/mol. The molecule has 2 aromatic heterocycles. The first-order chi connectivity index (χ1) is 16.8. The van der Waals surface area contributed by atoms with Gasteiger partial charge < -0.3 is 19.5 Å². The molecule has 0 spiro atoms. The van der Waals surface area contributed by atoms with Gasteiger partial charge in [-0.05, 0) is 65.0 Å². The van der Waals surface area contributed by atoms with Crippen LogP contribution in [0.15, 0.2) is 36.7 Å². The van der Waals surface area contributed by atoms with Crippen LogP contribution < -0.4 is 9.64 Å². The van der Waals surface area contributed by atoms with Gasteiger partial charge in [0.25, 0.3) is 0 Å². The first kappa shape index (κ1) is 27.7. The van der Waals surface area contributed by atoms with E-state index in [0.29, 0.717) is 23.6 Å². The van der Waals surface area contributed by atoms with Gasteiger partial charge in [0, 0.05) is 42.5 Å². The van der Waals surface area contributed by atoms with E-state index in [4.69, 9.17) is 9.47 Å². The van der Waals surface area contributed by atoms with Crippen molar-refractivity contribution in [3.05, 3.63) is 47.9 Å². The van der Waals surface area contributed by atoms with Crippen LogP contribution in [0.1, 0.15) is 78.2 Å². The summed E-state index contributed by atoms with van der Waals surface area (Å²) in [6.45, 7) is 20.1. The number of rotatable bonds is 9. The van der Waals surface area contributed by atoms with Gasteiger partial charge in [0.1, 0.15) is 5.75 Å². The van der Waals surface area contributed by atoms with Crippen molar-refractivity contribution in [1.29, 1.82) is 0 Å². The molecule has 3 rings (SSSR count). The summed E-state index contributed by atoms with van der Waals surface area (Å²) in [6.07, 6.45) is 5.16. The van der Waals surface area contributed by atoms with Gasteiger partial charge in [-0.3, -0.25) is 9.97 Å². The van der Waals surface area contributed by atoms with Crippen molar-refractivity contribution in [2.75, 3.05) is 24.6 Å². The van der Waals surface area contributed by atoms with Crippen LogP contribution in [0.2, 0.25) is 0 Å². The van der Waals surface area contributed by atoms with Crippen LogP contribution in [-0.2, 0) is 9.53 Å². The normalized spacial score (nSPS) is 16.5. The molecule has 0 bridgehead atoms. The summed E-state index contributed by atoms with van der Waals surface area (Å²) >= 11 is 0. The van der Waals surface area contributed by atoms with Gasteiger partial charge in [0.05, 0.1) is 29.8 Å². The molecule has 0 unspecified atom stereocenters.